The third kappa shape index (κ3) is 2.02. The van der Waals surface area contributed by atoms with Crippen molar-refractivity contribution in [1.82, 2.24) is 4.90 Å². The topological polar surface area (TPSA) is 20.3 Å². The zero-order valence-corrected chi connectivity index (χ0v) is 12.9. The van der Waals surface area contributed by atoms with Gasteiger partial charge in [-0.2, -0.15) is 0 Å². The van der Waals surface area contributed by atoms with Gasteiger partial charge in [-0.05, 0) is 69.1 Å². The summed E-state index contributed by atoms with van der Waals surface area (Å²) in [6, 6.07) is 0.546. The average molecular weight is 275 g/mol. The highest BCUT2D eigenvalue weighted by molar-refractivity contribution is 5.83. The molecule has 112 valence electrons. The van der Waals surface area contributed by atoms with Crippen LogP contribution in [0.4, 0.5) is 0 Å². The van der Waals surface area contributed by atoms with Gasteiger partial charge in [0.15, 0.2) is 0 Å². The van der Waals surface area contributed by atoms with Gasteiger partial charge in [0.25, 0.3) is 0 Å². The van der Waals surface area contributed by atoms with Crippen LogP contribution in [-0.2, 0) is 4.79 Å². The molecular weight excluding hydrogens is 246 g/mol. The summed E-state index contributed by atoms with van der Waals surface area (Å²) in [5, 5.41) is 0. The van der Waals surface area contributed by atoms with Gasteiger partial charge in [-0.3, -0.25) is 4.79 Å². The second-order valence-corrected chi connectivity index (χ2v) is 8.41. The summed E-state index contributed by atoms with van der Waals surface area (Å²) in [5.74, 6) is 3.17. The minimum atomic E-state index is 0.0704. The van der Waals surface area contributed by atoms with E-state index in [0.29, 0.717) is 11.9 Å². The van der Waals surface area contributed by atoms with Crippen molar-refractivity contribution in [2.45, 2.75) is 76.7 Å². The Morgan fingerprint density at radius 2 is 1.40 bits per heavy atom. The summed E-state index contributed by atoms with van der Waals surface area (Å²) in [7, 11) is 2.11. The van der Waals surface area contributed by atoms with Crippen LogP contribution in [0.2, 0.25) is 0 Å². The van der Waals surface area contributed by atoms with E-state index in [0.717, 1.165) is 17.8 Å². The molecule has 0 saturated heterocycles. The quantitative estimate of drug-likeness (QED) is 0.746. The van der Waals surface area contributed by atoms with Gasteiger partial charge in [0.05, 0.1) is 5.41 Å². The third-order valence-corrected chi connectivity index (χ3v) is 6.93. The van der Waals surface area contributed by atoms with Gasteiger partial charge in [-0.25, -0.2) is 0 Å². The molecule has 0 radical (unpaired) electrons. The summed E-state index contributed by atoms with van der Waals surface area (Å²) in [6.07, 6.45) is 14.4. The molecule has 1 amide bonds. The van der Waals surface area contributed by atoms with Gasteiger partial charge < -0.3 is 4.90 Å². The molecule has 20 heavy (non-hydrogen) atoms. The number of hydrogen-bond donors (Lipinski definition) is 0. The first-order valence-electron chi connectivity index (χ1n) is 8.93. The minimum absolute atomic E-state index is 0.0704. The molecule has 0 aliphatic heterocycles. The van der Waals surface area contributed by atoms with E-state index in [1.165, 1.54) is 70.6 Å². The molecule has 5 fully saturated rings. The molecule has 5 saturated carbocycles. The number of carbonyl (C=O) groups excluding carboxylic acids is 1. The van der Waals surface area contributed by atoms with Crippen LogP contribution in [0.25, 0.3) is 0 Å². The van der Waals surface area contributed by atoms with Gasteiger partial charge in [0.2, 0.25) is 5.91 Å². The smallest absolute Gasteiger partial charge is 0.228 e. The first kappa shape index (κ1) is 13.2. The maximum absolute atomic E-state index is 13.2. The molecule has 0 spiro atoms. The van der Waals surface area contributed by atoms with E-state index in [1.807, 2.05) is 0 Å². The fraction of sp³-hybridized carbons (Fsp3) is 0.944. The summed E-state index contributed by atoms with van der Waals surface area (Å²) >= 11 is 0. The third-order valence-electron chi connectivity index (χ3n) is 6.93. The van der Waals surface area contributed by atoms with Gasteiger partial charge in [-0.15, -0.1) is 0 Å². The molecular formula is C18H29NO. The van der Waals surface area contributed by atoms with E-state index in [1.54, 1.807) is 0 Å². The molecule has 2 heteroatoms. The monoisotopic (exact) mass is 275 g/mol. The predicted octanol–water partition coefficient (Wildman–Crippen LogP) is 3.99. The van der Waals surface area contributed by atoms with Crippen molar-refractivity contribution in [2.75, 3.05) is 7.05 Å². The fourth-order valence-electron chi connectivity index (χ4n) is 6.38. The highest BCUT2D eigenvalue weighted by atomic mass is 16.2. The van der Waals surface area contributed by atoms with Crippen molar-refractivity contribution in [3.8, 4) is 0 Å². The van der Waals surface area contributed by atoms with Crippen molar-refractivity contribution >= 4 is 5.91 Å². The van der Waals surface area contributed by atoms with E-state index in [2.05, 4.69) is 11.9 Å². The van der Waals surface area contributed by atoms with Crippen LogP contribution in [0, 0.1) is 23.2 Å². The lowest BCUT2D eigenvalue weighted by molar-refractivity contribution is -0.159. The van der Waals surface area contributed by atoms with Crippen LogP contribution >= 0.6 is 0 Å². The van der Waals surface area contributed by atoms with E-state index in [9.17, 15) is 4.79 Å². The van der Waals surface area contributed by atoms with Crippen LogP contribution in [-0.4, -0.2) is 23.9 Å². The molecule has 4 bridgehead atoms. The van der Waals surface area contributed by atoms with Gasteiger partial charge in [0, 0.05) is 13.1 Å². The van der Waals surface area contributed by atoms with Crippen molar-refractivity contribution in [1.29, 1.82) is 0 Å². The maximum Gasteiger partial charge on any atom is 0.228 e. The molecule has 0 unspecified atom stereocenters. The van der Waals surface area contributed by atoms with Crippen LogP contribution < -0.4 is 0 Å². The van der Waals surface area contributed by atoms with Crippen LogP contribution in [0.3, 0.4) is 0 Å². The lowest BCUT2D eigenvalue weighted by Crippen LogP contribution is -2.55. The number of nitrogens with zero attached hydrogens (tertiary/aromatic N) is 1. The predicted molar refractivity (Wildman–Crippen MR) is 80.2 cm³/mol. The Morgan fingerprint density at radius 3 is 1.90 bits per heavy atom. The molecule has 5 aliphatic rings. The van der Waals surface area contributed by atoms with Crippen LogP contribution in [0.15, 0.2) is 0 Å². The minimum Gasteiger partial charge on any atom is -0.342 e. The standard InChI is InChI=1S/C18H29NO/c1-19(16-5-3-2-4-6-16)17(20)18-10-13-7-14(11-18)9-15(8-13)12-18/h13-16H,2-12H2,1H3. The van der Waals surface area contributed by atoms with Crippen molar-refractivity contribution < 1.29 is 4.79 Å². The maximum atomic E-state index is 13.2. The van der Waals surface area contributed by atoms with Crippen molar-refractivity contribution in [2.24, 2.45) is 23.2 Å². The van der Waals surface area contributed by atoms with Crippen LogP contribution in [0.1, 0.15) is 70.6 Å². The number of hydrogen-bond acceptors (Lipinski definition) is 1. The highest BCUT2D eigenvalue weighted by Gasteiger charge is 2.55. The Kier molecular flexibility index (Phi) is 3.12. The Hall–Kier alpha value is -0.530. The number of carbonyl (C=O) groups is 1. The first-order chi connectivity index (χ1) is 9.66. The van der Waals surface area contributed by atoms with E-state index in [-0.39, 0.29) is 5.41 Å². The Balaban J connectivity index is 1.52. The van der Waals surface area contributed by atoms with E-state index in [4.69, 9.17) is 0 Å². The van der Waals surface area contributed by atoms with E-state index < -0.39 is 0 Å². The van der Waals surface area contributed by atoms with Crippen molar-refractivity contribution in [3.05, 3.63) is 0 Å². The van der Waals surface area contributed by atoms with E-state index >= 15 is 0 Å². The summed E-state index contributed by atoms with van der Waals surface area (Å²) in [6.45, 7) is 0. The lowest BCUT2D eigenvalue weighted by atomic mass is 9.49. The van der Waals surface area contributed by atoms with Crippen molar-refractivity contribution in [3.63, 3.8) is 0 Å². The first-order valence-corrected chi connectivity index (χ1v) is 8.93. The van der Waals surface area contributed by atoms with Gasteiger partial charge >= 0.3 is 0 Å². The van der Waals surface area contributed by atoms with Gasteiger partial charge in [0.1, 0.15) is 0 Å². The normalized spacial score (nSPS) is 43.8. The Bertz CT molecular complexity index is 361. The SMILES string of the molecule is CN(C(=O)C12CC3CC(CC(C3)C1)C2)C1CCCCC1. The largest absolute Gasteiger partial charge is 0.342 e. The summed E-state index contributed by atoms with van der Waals surface area (Å²) in [5.41, 5.74) is 0.0704. The second-order valence-electron chi connectivity index (χ2n) is 8.41. The zero-order chi connectivity index (χ0) is 13.7. The second kappa shape index (κ2) is 4.74. The summed E-state index contributed by atoms with van der Waals surface area (Å²) in [4.78, 5) is 15.4. The molecule has 0 N–H and O–H groups in total. The lowest BCUT2D eigenvalue weighted by Gasteiger charge is -2.57. The Labute approximate surface area is 123 Å². The molecule has 0 aromatic carbocycles. The summed E-state index contributed by atoms with van der Waals surface area (Å²) < 4.78 is 0. The Morgan fingerprint density at radius 1 is 0.900 bits per heavy atom. The molecule has 5 rings (SSSR count). The fourth-order valence-corrected chi connectivity index (χ4v) is 6.38. The molecule has 0 heterocycles. The molecule has 0 aromatic rings. The van der Waals surface area contributed by atoms with Crippen LogP contribution in [0.5, 0.6) is 0 Å². The highest BCUT2D eigenvalue weighted by Crippen LogP contribution is 2.60. The number of amides is 1. The average Bonchev–Trinajstić information content (AvgIpc) is 2.45. The molecule has 0 atom stereocenters. The molecule has 0 aromatic heterocycles. The molecule has 2 nitrogen and oxygen atoms in total. The molecule has 5 aliphatic carbocycles. The van der Waals surface area contributed by atoms with Gasteiger partial charge in [-0.1, -0.05) is 19.3 Å². The number of rotatable bonds is 2. The zero-order valence-electron chi connectivity index (χ0n) is 12.9.